The summed E-state index contributed by atoms with van der Waals surface area (Å²) >= 11 is 6.05. The number of piperidine rings is 1. The monoisotopic (exact) mass is 432 g/mol. The molecule has 1 aliphatic rings. The van der Waals surface area contributed by atoms with Crippen LogP contribution < -0.4 is 5.32 Å². The van der Waals surface area contributed by atoms with E-state index in [1.807, 2.05) is 48.3 Å². The summed E-state index contributed by atoms with van der Waals surface area (Å²) in [4.78, 5) is 19.5. The van der Waals surface area contributed by atoms with Crippen LogP contribution in [0.25, 0.3) is 22.8 Å². The first-order valence-corrected chi connectivity index (χ1v) is 9.69. The van der Waals surface area contributed by atoms with Crippen LogP contribution in [0.3, 0.4) is 0 Å². The van der Waals surface area contributed by atoms with Crippen molar-refractivity contribution in [3.8, 4) is 22.8 Å². The van der Waals surface area contributed by atoms with E-state index in [0.29, 0.717) is 40.5 Å². The van der Waals surface area contributed by atoms with Crippen LogP contribution in [0.2, 0.25) is 5.02 Å². The van der Waals surface area contributed by atoms with Crippen molar-refractivity contribution in [2.24, 2.45) is 0 Å². The van der Waals surface area contributed by atoms with Crippen LogP contribution in [-0.4, -0.2) is 47.1 Å². The molecule has 8 heteroatoms. The van der Waals surface area contributed by atoms with Gasteiger partial charge in [0.25, 0.3) is 11.8 Å². The average Bonchev–Trinajstić information content (AvgIpc) is 3.23. The molecule has 1 N–H and O–H groups in total. The lowest BCUT2D eigenvalue weighted by atomic mass is 10.0. The largest absolute Gasteiger partial charge is 0.337 e. The van der Waals surface area contributed by atoms with Gasteiger partial charge in [0.1, 0.15) is 0 Å². The second kappa shape index (κ2) is 9.39. The van der Waals surface area contributed by atoms with E-state index in [0.717, 1.165) is 24.9 Å². The van der Waals surface area contributed by atoms with Crippen molar-refractivity contribution in [3.05, 3.63) is 59.1 Å². The number of nitrogens with one attached hydrogen (secondary N) is 1. The molecular weight excluding hydrogens is 411 g/mol. The van der Waals surface area contributed by atoms with Crippen molar-refractivity contribution >= 4 is 29.9 Å². The Balaban J connectivity index is 0.00000240. The van der Waals surface area contributed by atoms with Gasteiger partial charge in [-0.15, -0.1) is 12.4 Å². The third kappa shape index (κ3) is 4.61. The summed E-state index contributed by atoms with van der Waals surface area (Å²) in [6, 6.07) is 14.9. The van der Waals surface area contributed by atoms with E-state index in [1.165, 1.54) is 0 Å². The van der Waals surface area contributed by atoms with Gasteiger partial charge in [-0.25, -0.2) is 0 Å². The fraction of sp³-hybridized carbons (Fsp3) is 0.286. The lowest BCUT2D eigenvalue weighted by Crippen LogP contribution is -2.47. The molecule has 1 fully saturated rings. The molecular formula is C21H22Cl2N4O2. The second-order valence-electron chi connectivity index (χ2n) is 6.86. The molecule has 0 saturated carbocycles. The highest BCUT2D eigenvalue weighted by molar-refractivity contribution is 6.30. The molecule has 2 heterocycles. The summed E-state index contributed by atoms with van der Waals surface area (Å²) < 4.78 is 5.48. The van der Waals surface area contributed by atoms with E-state index in [1.54, 1.807) is 12.1 Å². The molecule has 0 spiro atoms. The molecule has 3 aromatic rings. The summed E-state index contributed by atoms with van der Waals surface area (Å²) in [5.41, 5.74) is 1.97. The van der Waals surface area contributed by atoms with Crippen LogP contribution in [0.4, 0.5) is 0 Å². The lowest BCUT2D eigenvalue weighted by Gasteiger charge is -2.32. The smallest absolute Gasteiger partial charge is 0.259 e. The Morgan fingerprint density at radius 1 is 1.24 bits per heavy atom. The number of likely N-dealkylation sites (tertiary alicyclic amines) is 1. The van der Waals surface area contributed by atoms with Gasteiger partial charge in [0.05, 0.1) is 11.1 Å². The van der Waals surface area contributed by atoms with E-state index >= 15 is 0 Å². The summed E-state index contributed by atoms with van der Waals surface area (Å²) in [7, 11) is 1.93. The first-order chi connectivity index (χ1) is 13.7. The van der Waals surface area contributed by atoms with Crippen LogP contribution in [0.15, 0.2) is 53.1 Å². The number of nitrogens with zero attached hydrogens (tertiary/aromatic N) is 3. The van der Waals surface area contributed by atoms with Gasteiger partial charge < -0.3 is 14.7 Å². The number of likely N-dealkylation sites (N-methyl/N-ethyl adjacent to an activating group) is 1. The average molecular weight is 433 g/mol. The van der Waals surface area contributed by atoms with E-state index in [-0.39, 0.29) is 18.3 Å². The summed E-state index contributed by atoms with van der Waals surface area (Å²) in [5, 5.41) is 7.93. The molecule has 0 aliphatic carbocycles. The quantitative estimate of drug-likeness (QED) is 0.664. The van der Waals surface area contributed by atoms with Crippen molar-refractivity contribution < 1.29 is 9.32 Å². The first-order valence-electron chi connectivity index (χ1n) is 9.31. The fourth-order valence-corrected chi connectivity index (χ4v) is 3.69. The molecule has 1 atom stereocenters. The van der Waals surface area contributed by atoms with Gasteiger partial charge in [-0.3, -0.25) is 4.79 Å². The molecule has 0 bridgehead atoms. The minimum atomic E-state index is -0.0157. The number of rotatable bonds is 4. The molecule has 2 aromatic carbocycles. The highest BCUT2D eigenvalue weighted by Crippen LogP contribution is 2.27. The Bertz CT molecular complexity index is 992. The van der Waals surface area contributed by atoms with Crippen molar-refractivity contribution in [1.29, 1.82) is 0 Å². The Hall–Kier alpha value is -2.41. The van der Waals surface area contributed by atoms with Gasteiger partial charge >= 0.3 is 0 Å². The van der Waals surface area contributed by atoms with Gasteiger partial charge in [0.15, 0.2) is 0 Å². The third-order valence-corrected chi connectivity index (χ3v) is 5.25. The Kier molecular flexibility index (Phi) is 6.90. The van der Waals surface area contributed by atoms with Crippen LogP contribution in [-0.2, 0) is 0 Å². The second-order valence-corrected chi connectivity index (χ2v) is 7.29. The van der Waals surface area contributed by atoms with Crippen molar-refractivity contribution in [2.75, 3.05) is 20.1 Å². The van der Waals surface area contributed by atoms with Crippen LogP contribution in [0.5, 0.6) is 0 Å². The zero-order valence-electron chi connectivity index (χ0n) is 16.0. The first kappa shape index (κ1) is 21.3. The van der Waals surface area contributed by atoms with E-state index < -0.39 is 0 Å². The number of carbonyl (C=O) groups excluding carboxylic acids is 1. The maximum absolute atomic E-state index is 13.2. The normalized spacial score (nSPS) is 16.3. The number of carbonyl (C=O) groups is 1. The molecule has 29 heavy (non-hydrogen) atoms. The Morgan fingerprint density at radius 3 is 2.86 bits per heavy atom. The molecule has 4 rings (SSSR count). The maximum atomic E-state index is 13.2. The minimum absolute atomic E-state index is 0. The molecule has 1 saturated heterocycles. The summed E-state index contributed by atoms with van der Waals surface area (Å²) in [6.07, 6.45) is 2.06. The third-order valence-electron chi connectivity index (χ3n) is 5.01. The number of benzene rings is 2. The standard InChI is InChI=1S/C21H21ClN4O2.ClH/c1-23-16-8-5-11-26(13-16)21(27)18-10-3-2-9-17(18)20-24-19(25-28-20)14-6-4-7-15(22)12-14;/h2-4,6-7,9-10,12,16,23H,5,8,11,13H2,1H3;1H. The lowest BCUT2D eigenvalue weighted by molar-refractivity contribution is 0.0698. The van der Waals surface area contributed by atoms with Gasteiger partial charge in [0, 0.05) is 29.7 Å². The van der Waals surface area contributed by atoms with Crippen molar-refractivity contribution in [2.45, 2.75) is 18.9 Å². The predicted molar refractivity (Wildman–Crippen MR) is 115 cm³/mol. The Labute approximate surface area is 180 Å². The zero-order valence-corrected chi connectivity index (χ0v) is 17.5. The summed E-state index contributed by atoms with van der Waals surface area (Å²) in [6.45, 7) is 1.45. The molecule has 1 amide bonds. The van der Waals surface area contributed by atoms with E-state index in [2.05, 4.69) is 15.5 Å². The molecule has 6 nitrogen and oxygen atoms in total. The predicted octanol–water partition coefficient (Wildman–Crippen LogP) is 4.30. The molecule has 1 unspecified atom stereocenters. The SMILES string of the molecule is CNC1CCCN(C(=O)c2ccccc2-c2nc(-c3cccc(Cl)c3)no2)C1.Cl. The van der Waals surface area contributed by atoms with Crippen LogP contribution in [0, 0.1) is 0 Å². The van der Waals surface area contributed by atoms with Gasteiger partial charge in [-0.1, -0.05) is 41.0 Å². The van der Waals surface area contributed by atoms with Gasteiger partial charge in [-0.2, -0.15) is 4.98 Å². The topological polar surface area (TPSA) is 71.3 Å². The van der Waals surface area contributed by atoms with Gasteiger partial charge in [-0.05, 0) is 44.2 Å². The van der Waals surface area contributed by atoms with Crippen molar-refractivity contribution in [3.63, 3.8) is 0 Å². The summed E-state index contributed by atoms with van der Waals surface area (Å²) in [5.74, 6) is 0.743. The van der Waals surface area contributed by atoms with Crippen LogP contribution in [0.1, 0.15) is 23.2 Å². The molecule has 1 aromatic heterocycles. The number of hydrogen-bond donors (Lipinski definition) is 1. The number of aromatic nitrogens is 2. The fourth-order valence-electron chi connectivity index (χ4n) is 3.50. The number of halogens is 2. The minimum Gasteiger partial charge on any atom is -0.337 e. The number of hydrogen-bond acceptors (Lipinski definition) is 5. The zero-order chi connectivity index (χ0) is 19.5. The molecule has 1 aliphatic heterocycles. The Morgan fingerprint density at radius 2 is 2.07 bits per heavy atom. The van der Waals surface area contributed by atoms with E-state index in [9.17, 15) is 4.79 Å². The van der Waals surface area contributed by atoms with Crippen molar-refractivity contribution in [1.82, 2.24) is 20.4 Å². The highest BCUT2D eigenvalue weighted by atomic mass is 35.5. The van der Waals surface area contributed by atoms with E-state index in [4.69, 9.17) is 16.1 Å². The number of amides is 1. The molecule has 152 valence electrons. The maximum Gasteiger partial charge on any atom is 0.259 e. The highest BCUT2D eigenvalue weighted by Gasteiger charge is 2.26. The van der Waals surface area contributed by atoms with Crippen LogP contribution >= 0.6 is 24.0 Å². The molecule has 0 radical (unpaired) electrons. The van der Waals surface area contributed by atoms with Gasteiger partial charge in [0.2, 0.25) is 5.82 Å².